The molecule has 0 saturated heterocycles. The summed E-state index contributed by atoms with van der Waals surface area (Å²) in [7, 11) is -2.31. The van der Waals surface area contributed by atoms with E-state index in [1.54, 1.807) is 19.1 Å². The van der Waals surface area contributed by atoms with Gasteiger partial charge in [-0.1, -0.05) is 11.6 Å². The highest BCUT2D eigenvalue weighted by molar-refractivity contribution is 7.99. The predicted molar refractivity (Wildman–Crippen MR) is 108 cm³/mol. The molecule has 0 fully saturated rings. The normalized spacial score (nSPS) is 11.2. The molecule has 0 aliphatic carbocycles. The second kappa shape index (κ2) is 9.98. The van der Waals surface area contributed by atoms with Crippen LogP contribution in [0.5, 0.6) is 5.75 Å². The number of sulfonamides is 1. The van der Waals surface area contributed by atoms with Crippen LogP contribution in [0.15, 0.2) is 52.3 Å². The van der Waals surface area contributed by atoms with Crippen molar-refractivity contribution in [1.29, 1.82) is 0 Å². The molecule has 2 aromatic rings. The Kier molecular flexibility index (Phi) is 7.97. The molecule has 0 bridgehead atoms. The largest absolute Gasteiger partial charge is 0.496 e. The Morgan fingerprint density at radius 1 is 1.19 bits per heavy atom. The zero-order valence-corrected chi connectivity index (χ0v) is 17.4. The molecule has 1 amide bonds. The topological polar surface area (TPSA) is 84.5 Å². The minimum Gasteiger partial charge on any atom is -0.496 e. The Morgan fingerprint density at radius 2 is 1.89 bits per heavy atom. The van der Waals surface area contributed by atoms with Gasteiger partial charge in [0, 0.05) is 28.8 Å². The molecule has 0 heterocycles. The minimum atomic E-state index is -3.74. The number of hydrogen-bond acceptors (Lipinski definition) is 5. The molecular formula is C18H21ClN2O4S2. The second-order valence-electron chi connectivity index (χ2n) is 5.42. The number of carbonyl (C=O) groups excluding carboxylic acids is 1. The monoisotopic (exact) mass is 428 g/mol. The van der Waals surface area contributed by atoms with Crippen LogP contribution in [-0.2, 0) is 10.0 Å². The van der Waals surface area contributed by atoms with E-state index in [0.29, 0.717) is 23.1 Å². The second-order valence-corrected chi connectivity index (χ2v) is 8.79. The van der Waals surface area contributed by atoms with Gasteiger partial charge in [0.2, 0.25) is 10.0 Å². The van der Waals surface area contributed by atoms with Gasteiger partial charge in [0.1, 0.15) is 5.75 Å². The van der Waals surface area contributed by atoms with Crippen LogP contribution >= 0.6 is 23.4 Å². The summed E-state index contributed by atoms with van der Waals surface area (Å²) in [4.78, 5) is 13.1. The smallest absolute Gasteiger partial charge is 0.255 e. The van der Waals surface area contributed by atoms with E-state index in [9.17, 15) is 13.2 Å². The molecule has 27 heavy (non-hydrogen) atoms. The Hall–Kier alpha value is -1.74. The average Bonchev–Trinajstić information content (AvgIpc) is 2.66. The number of halogens is 1. The van der Waals surface area contributed by atoms with E-state index < -0.39 is 10.0 Å². The number of amides is 1. The van der Waals surface area contributed by atoms with Crippen LogP contribution < -0.4 is 14.8 Å². The fourth-order valence-electron chi connectivity index (χ4n) is 2.25. The van der Waals surface area contributed by atoms with Gasteiger partial charge in [-0.25, -0.2) is 13.1 Å². The van der Waals surface area contributed by atoms with Crippen LogP contribution in [0.4, 0.5) is 0 Å². The lowest BCUT2D eigenvalue weighted by Gasteiger charge is -2.12. The van der Waals surface area contributed by atoms with E-state index in [2.05, 4.69) is 10.0 Å². The van der Waals surface area contributed by atoms with E-state index >= 15 is 0 Å². The van der Waals surface area contributed by atoms with E-state index in [0.717, 1.165) is 4.90 Å². The highest BCUT2D eigenvalue weighted by Crippen LogP contribution is 2.23. The van der Waals surface area contributed by atoms with Gasteiger partial charge in [-0.2, -0.15) is 0 Å². The van der Waals surface area contributed by atoms with Crippen molar-refractivity contribution in [2.24, 2.45) is 0 Å². The van der Waals surface area contributed by atoms with Gasteiger partial charge < -0.3 is 10.1 Å². The third kappa shape index (κ3) is 6.14. The van der Waals surface area contributed by atoms with Gasteiger partial charge in [-0.3, -0.25) is 4.79 Å². The van der Waals surface area contributed by atoms with Crippen molar-refractivity contribution in [3.63, 3.8) is 0 Å². The van der Waals surface area contributed by atoms with Crippen molar-refractivity contribution >= 4 is 39.3 Å². The summed E-state index contributed by atoms with van der Waals surface area (Å²) in [5.74, 6) is 0.489. The number of benzene rings is 2. The molecule has 0 aromatic heterocycles. The van der Waals surface area contributed by atoms with Crippen molar-refractivity contribution in [2.75, 3.05) is 26.0 Å². The Morgan fingerprint density at radius 3 is 2.52 bits per heavy atom. The number of methoxy groups -OCH3 is 1. The summed E-state index contributed by atoms with van der Waals surface area (Å²) in [6, 6.07) is 11.5. The van der Waals surface area contributed by atoms with Crippen molar-refractivity contribution in [3.05, 3.63) is 53.1 Å². The first-order chi connectivity index (χ1) is 12.9. The highest BCUT2D eigenvalue weighted by Gasteiger charge is 2.19. The molecule has 6 nitrogen and oxygen atoms in total. The lowest BCUT2D eigenvalue weighted by Crippen LogP contribution is -2.27. The molecule has 0 saturated carbocycles. The van der Waals surface area contributed by atoms with Crippen LogP contribution in [0.2, 0.25) is 5.02 Å². The third-order valence-electron chi connectivity index (χ3n) is 3.54. The predicted octanol–water partition coefficient (Wildman–Crippen LogP) is 3.17. The maximum Gasteiger partial charge on any atom is 0.255 e. The highest BCUT2D eigenvalue weighted by atomic mass is 35.5. The fourth-order valence-corrected chi connectivity index (χ4v) is 4.33. The molecule has 0 aliphatic heterocycles. The lowest BCUT2D eigenvalue weighted by atomic mass is 10.2. The average molecular weight is 429 g/mol. The van der Waals surface area contributed by atoms with Gasteiger partial charge in [0.15, 0.2) is 0 Å². The molecule has 0 unspecified atom stereocenters. The molecule has 9 heteroatoms. The van der Waals surface area contributed by atoms with Gasteiger partial charge in [-0.05, 0) is 49.4 Å². The van der Waals surface area contributed by atoms with E-state index in [1.165, 1.54) is 37.1 Å². The minimum absolute atomic E-state index is 0.0149. The van der Waals surface area contributed by atoms with E-state index in [-0.39, 0.29) is 22.9 Å². The molecule has 2 N–H and O–H groups in total. The van der Waals surface area contributed by atoms with Gasteiger partial charge in [0.05, 0.1) is 17.6 Å². The summed E-state index contributed by atoms with van der Waals surface area (Å²) >= 11 is 7.35. The molecule has 0 atom stereocenters. The number of carbonyl (C=O) groups is 1. The molecule has 2 rings (SSSR count). The summed E-state index contributed by atoms with van der Waals surface area (Å²) in [5, 5.41) is 3.30. The van der Waals surface area contributed by atoms with Crippen LogP contribution in [0.3, 0.4) is 0 Å². The van der Waals surface area contributed by atoms with E-state index in [4.69, 9.17) is 16.3 Å². The standard InChI is InChI=1S/C18H21ClN2O4S2/c1-3-20-18(22)16-12-15(8-9-17(16)25-2)27(23,24)21-10-11-26-14-6-4-13(19)5-7-14/h4-9,12,21H,3,10-11H2,1-2H3,(H,20,22). The Bertz CT molecular complexity index is 887. The quantitative estimate of drug-likeness (QED) is 0.473. The van der Waals surface area contributed by atoms with Gasteiger partial charge >= 0.3 is 0 Å². The Balaban J connectivity index is 2.03. The number of thioether (sulfide) groups is 1. The molecular weight excluding hydrogens is 408 g/mol. The van der Waals surface area contributed by atoms with Crippen LogP contribution in [0.1, 0.15) is 17.3 Å². The SMILES string of the molecule is CCNC(=O)c1cc(S(=O)(=O)NCCSc2ccc(Cl)cc2)ccc1OC. The fraction of sp³-hybridized carbons (Fsp3) is 0.278. The first-order valence-electron chi connectivity index (χ1n) is 8.21. The number of nitrogens with one attached hydrogen (secondary N) is 2. The van der Waals surface area contributed by atoms with Crippen LogP contribution in [0.25, 0.3) is 0 Å². The molecule has 146 valence electrons. The molecule has 0 aliphatic rings. The number of ether oxygens (including phenoxy) is 1. The maximum atomic E-state index is 12.5. The number of hydrogen-bond donors (Lipinski definition) is 2. The maximum absolute atomic E-state index is 12.5. The molecule has 2 aromatic carbocycles. The third-order valence-corrected chi connectivity index (χ3v) is 6.26. The summed E-state index contributed by atoms with van der Waals surface area (Å²) in [6.07, 6.45) is 0. The van der Waals surface area contributed by atoms with Crippen LogP contribution in [0, 0.1) is 0 Å². The zero-order chi connectivity index (χ0) is 19.9. The lowest BCUT2D eigenvalue weighted by molar-refractivity contribution is 0.0952. The van der Waals surface area contributed by atoms with E-state index in [1.807, 2.05) is 12.1 Å². The van der Waals surface area contributed by atoms with Crippen molar-refractivity contribution in [2.45, 2.75) is 16.7 Å². The van der Waals surface area contributed by atoms with Crippen LogP contribution in [-0.4, -0.2) is 40.3 Å². The van der Waals surface area contributed by atoms with Gasteiger partial charge in [0.25, 0.3) is 5.91 Å². The summed E-state index contributed by atoms with van der Waals surface area (Å²) in [6.45, 7) is 2.46. The Labute approximate surface area is 168 Å². The van der Waals surface area contributed by atoms with Crippen molar-refractivity contribution in [1.82, 2.24) is 10.0 Å². The first-order valence-corrected chi connectivity index (χ1v) is 11.1. The first kappa shape index (κ1) is 21.6. The number of rotatable bonds is 9. The summed E-state index contributed by atoms with van der Waals surface area (Å²) in [5.41, 5.74) is 0.178. The molecule has 0 radical (unpaired) electrons. The zero-order valence-electron chi connectivity index (χ0n) is 15.0. The van der Waals surface area contributed by atoms with Crippen molar-refractivity contribution < 1.29 is 17.9 Å². The molecule has 0 spiro atoms. The van der Waals surface area contributed by atoms with Gasteiger partial charge in [-0.15, -0.1) is 11.8 Å². The summed E-state index contributed by atoms with van der Waals surface area (Å²) < 4.78 is 32.7. The van der Waals surface area contributed by atoms with Crippen molar-refractivity contribution in [3.8, 4) is 5.75 Å².